The van der Waals surface area contributed by atoms with E-state index >= 15 is 0 Å². The topological polar surface area (TPSA) is 98.9 Å². The lowest BCUT2D eigenvalue weighted by atomic mass is 9.87. The highest BCUT2D eigenvalue weighted by atomic mass is 16.3. The van der Waals surface area contributed by atoms with Gasteiger partial charge in [-0.25, -0.2) is 4.79 Å². The Balaban J connectivity index is 1.96. The summed E-state index contributed by atoms with van der Waals surface area (Å²) in [6.45, 7) is 4.77. The van der Waals surface area contributed by atoms with Gasteiger partial charge < -0.3 is 21.1 Å². The molecular weight excluding hydrogens is 272 g/mol. The van der Waals surface area contributed by atoms with E-state index in [4.69, 9.17) is 10.8 Å². The first-order valence-electron chi connectivity index (χ1n) is 7.75. The van der Waals surface area contributed by atoms with Gasteiger partial charge in [-0.2, -0.15) is 0 Å². The number of hydrogen-bond donors (Lipinski definition) is 3. The number of nitrogens with zero attached hydrogens (tertiary/aromatic N) is 2. The summed E-state index contributed by atoms with van der Waals surface area (Å²) in [5.74, 6) is -0.127. The summed E-state index contributed by atoms with van der Waals surface area (Å²) in [5.41, 5.74) is 5.13. The van der Waals surface area contributed by atoms with Crippen LogP contribution in [0.5, 0.6) is 0 Å². The summed E-state index contributed by atoms with van der Waals surface area (Å²) in [4.78, 5) is 28.1. The first-order valence-corrected chi connectivity index (χ1v) is 7.75. The summed E-state index contributed by atoms with van der Waals surface area (Å²) in [6, 6.07) is -0.479. The van der Waals surface area contributed by atoms with Crippen LogP contribution in [0.25, 0.3) is 0 Å². The van der Waals surface area contributed by atoms with Crippen molar-refractivity contribution in [2.75, 3.05) is 32.8 Å². The molecule has 0 aromatic rings. The minimum atomic E-state index is -0.736. The third kappa shape index (κ3) is 3.36. The van der Waals surface area contributed by atoms with Gasteiger partial charge >= 0.3 is 6.03 Å². The quantitative estimate of drug-likeness (QED) is 0.574. The molecule has 21 heavy (non-hydrogen) atoms. The van der Waals surface area contributed by atoms with Crippen LogP contribution < -0.4 is 11.1 Å². The number of aliphatic hydroxyl groups is 1. The maximum atomic E-state index is 12.6. The summed E-state index contributed by atoms with van der Waals surface area (Å²) < 4.78 is 0. The Bertz CT molecular complexity index is 394. The molecule has 0 aliphatic carbocycles. The molecule has 0 saturated carbocycles. The number of piperidine rings is 1. The van der Waals surface area contributed by atoms with Crippen LogP contribution in [-0.2, 0) is 4.79 Å². The van der Waals surface area contributed by atoms with E-state index in [9.17, 15) is 9.59 Å². The van der Waals surface area contributed by atoms with Gasteiger partial charge in [0.15, 0.2) is 0 Å². The molecule has 0 aromatic carbocycles. The molecule has 120 valence electrons. The Kier molecular flexibility index (Phi) is 5.18. The summed E-state index contributed by atoms with van der Waals surface area (Å²) >= 11 is 0. The molecule has 1 unspecified atom stereocenters. The second-order valence-corrected chi connectivity index (χ2v) is 6.02. The monoisotopic (exact) mass is 298 g/mol. The van der Waals surface area contributed by atoms with Gasteiger partial charge in [0.25, 0.3) is 5.91 Å². The van der Waals surface area contributed by atoms with Crippen molar-refractivity contribution in [2.24, 2.45) is 5.73 Å². The molecule has 2 saturated heterocycles. The lowest BCUT2D eigenvalue weighted by Crippen LogP contribution is -2.55. The predicted molar refractivity (Wildman–Crippen MR) is 78.6 cm³/mol. The smallest absolute Gasteiger partial charge is 0.325 e. The third-order valence-corrected chi connectivity index (χ3v) is 4.53. The Morgan fingerprint density at radius 3 is 2.62 bits per heavy atom. The number of hydrogen-bond acceptors (Lipinski definition) is 5. The van der Waals surface area contributed by atoms with Crippen molar-refractivity contribution < 1.29 is 14.7 Å². The molecule has 0 aromatic heterocycles. The van der Waals surface area contributed by atoms with Crippen LogP contribution in [0.3, 0.4) is 0 Å². The Labute approximate surface area is 125 Å². The summed E-state index contributed by atoms with van der Waals surface area (Å²) in [7, 11) is 0. The number of rotatable bonds is 6. The van der Waals surface area contributed by atoms with Crippen LogP contribution in [0.1, 0.15) is 32.6 Å². The van der Waals surface area contributed by atoms with Gasteiger partial charge in [0.05, 0.1) is 0 Å². The van der Waals surface area contributed by atoms with Crippen molar-refractivity contribution in [3.05, 3.63) is 0 Å². The molecule has 1 spiro atoms. The zero-order valence-electron chi connectivity index (χ0n) is 12.7. The minimum Gasteiger partial charge on any atom is -0.396 e. The number of urea groups is 1. The van der Waals surface area contributed by atoms with E-state index in [0.717, 1.165) is 32.5 Å². The molecule has 2 aliphatic rings. The Morgan fingerprint density at radius 2 is 2.05 bits per heavy atom. The van der Waals surface area contributed by atoms with E-state index < -0.39 is 5.54 Å². The number of likely N-dealkylation sites (tertiary alicyclic amines) is 1. The Morgan fingerprint density at radius 1 is 1.38 bits per heavy atom. The first-order chi connectivity index (χ1) is 10.0. The van der Waals surface area contributed by atoms with Crippen molar-refractivity contribution in [2.45, 2.75) is 44.2 Å². The highest BCUT2D eigenvalue weighted by Gasteiger charge is 2.52. The van der Waals surface area contributed by atoms with Crippen LogP contribution in [0, 0.1) is 0 Å². The maximum Gasteiger partial charge on any atom is 0.325 e. The SMILES string of the molecule is CCC(N)CN1C(=O)NC2(CCN(CCCO)CC2)C1=O. The highest BCUT2D eigenvalue weighted by molar-refractivity contribution is 6.07. The van der Waals surface area contributed by atoms with Crippen LogP contribution in [0.15, 0.2) is 0 Å². The number of imide groups is 1. The number of carbonyl (C=O) groups is 2. The van der Waals surface area contributed by atoms with E-state index in [1.54, 1.807) is 0 Å². The van der Waals surface area contributed by atoms with Crippen LogP contribution in [0.2, 0.25) is 0 Å². The largest absolute Gasteiger partial charge is 0.396 e. The fraction of sp³-hybridized carbons (Fsp3) is 0.857. The molecule has 2 heterocycles. The zero-order chi connectivity index (χ0) is 15.5. The van der Waals surface area contributed by atoms with Gasteiger partial charge in [0, 0.05) is 38.8 Å². The second kappa shape index (κ2) is 6.72. The van der Waals surface area contributed by atoms with E-state index in [1.165, 1.54) is 4.90 Å². The van der Waals surface area contributed by atoms with Gasteiger partial charge in [0.2, 0.25) is 0 Å². The number of amides is 3. The highest BCUT2D eigenvalue weighted by Crippen LogP contribution is 2.29. The zero-order valence-corrected chi connectivity index (χ0v) is 12.7. The molecule has 4 N–H and O–H groups in total. The van der Waals surface area contributed by atoms with Crippen LogP contribution in [0.4, 0.5) is 4.79 Å². The molecule has 7 heteroatoms. The fourth-order valence-corrected chi connectivity index (χ4v) is 3.00. The van der Waals surface area contributed by atoms with Crippen LogP contribution in [-0.4, -0.2) is 71.2 Å². The normalized spacial score (nSPS) is 23.7. The second-order valence-electron chi connectivity index (χ2n) is 6.02. The average Bonchev–Trinajstić information content (AvgIpc) is 2.71. The van der Waals surface area contributed by atoms with Crippen molar-refractivity contribution in [1.29, 1.82) is 0 Å². The number of carbonyl (C=O) groups excluding carboxylic acids is 2. The van der Waals surface area contributed by atoms with Gasteiger partial charge in [-0.1, -0.05) is 6.92 Å². The first kappa shape index (κ1) is 16.2. The molecule has 2 fully saturated rings. The lowest BCUT2D eigenvalue weighted by molar-refractivity contribution is -0.133. The van der Waals surface area contributed by atoms with Crippen molar-refractivity contribution >= 4 is 11.9 Å². The predicted octanol–water partition coefficient (Wildman–Crippen LogP) is -0.507. The van der Waals surface area contributed by atoms with E-state index in [2.05, 4.69) is 10.2 Å². The van der Waals surface area contributed by atoms with E-state index in [1.807, 2.05) is 6.92 Å². The van der Waals surface area contributed by atoms with Crippen molar-refractivity contribution in [3.8, 4) is 0 Å². The lowest BCUT2D eigenvalue weighted by Gasteiger charge is -2.37. The minimum absolute atomic E-state index is 0.127. The fourth-order valence-electron chi connectivity index (χ4n) is 3.00. The van der Waals surface area contributed by atoms with Gasteiger partial charge in [-0.15, -0.1) is 0 Å². The molecule has 3 amide bonds. The Hall–Kier alpha value is -1.18. The van der Waals surface area contributed by atoms with E-state index in [0.29, 0.717) is 12.8 Å². The van der Waals surface area contributed by atoms with Crippen LogP contribution >= 0.6 is 0 Å². The third-order valence-electron chi connectivity index (χ3n) is 4.53. The summed E-state index contributed by atoms with van der Waals surface area (Å²) in [5, 5.41) is 11.7. The van der Waals surface area contributed by atoms with E-state index in [-0.39, 0.29) is 31.1 Å². The van der Waals surface area contributed by atoms with Gasteiger partial charge in [-0.3, -0.25) is 9.69 Å². The number of aliphatic hydroxyl groups excluding tert-OH is 1. The standard InChI is InChI=1S/C14H26N4O3/c1-2-11(15)10-18-12(20)14(16-13(18)21)4-7-17(8-5-14)6-3-9-19/h11,19H,2-10,15H2,1H3,(H,16,21). The van der Waals surface area contributed by atoms with Crippen molar-refractivity contribution in [1.82, 2.24) is 15.1 Å². The molecule has 2 rings (SSSR count). The molecule has 1 atom stereocenters. The molecular formula is C14H26N4O3. The molecule has 2 aliphatic heterocycles. The number of nitrogens with one attached hydrogen (secondary N) is 1. The van der Waals surface area contributed by atoms with Crippen molar-refractivity contribution in [3.63, 3.8) is 0 Å². The summed E-state index contributed by atoms with van der Waals surface area (Å²) in [6.07, 6.45) is 2.73. The molecule has 7 nitrogen and oxygen atoms in total. The maximum absolute atomic E-state index is 12.6. The molecule has 0 radical (unpaired) electrons. The number of nitrogens with two attached hydrogens (primary N) is 1. The average molecular weight is 298 g/mol. The van der Waals surface area contributed by atoms with Gasteiger partial charge in [-0.05, 0) is 25.7 Å². The molecule has 0 bridgehead atoms. The van der Waals surface area contributed by atoms with Gasteiger partial charge in [0.1, 0.15) is 5.54 Å².